The van der Waals surface area contributed by atoms with Gasteiger partial charge in [0.15, 0.2) is 6.10 Å². The fourth-order valence-corrected chi connectivity index (χ4v) is 3.91. The third-order valence-electron chi connectivity index (χ3n) is 5.63. The number of anilines is 1. The Morgan fingerprint density at radius 1 is 0.969 bits per heavy atom. The third-order valence-corrected chi connectivity index (χ3v) is 5.63. The number of fused-ring (bicyclic) bond motifs is 1. The first-order valence-electron chi connectivity index (χ1n) is 10.7. The first kappa shape index (κ1) is 21.5. The van der Waals surface area contributed by atoms with Crippen LogP contribution in [0.3, 0.4) is 0 Å². The Morgan fingerprint density at radius 3 is 2.41 bits per heavy atom. The highest BCUT2D eigenvalue weighted by molar-refractivity contribution is 6.03. The van der Waals surface area contributed by atoms with E-state index in [1.54, 1.807) is 24.3 Å². The molecule has 1 atom stereocenters. The average Bonchev–Trinajstić information content (AvgIpc) is 3.14. The van der Waals surface area contributed by atoms with Gasteiger partial charge in [0, 0.05) is 32.4 Å². The van der Waals surface area contributed by atoms with E-state index in [0.717, 1.165) is 10.5 Å². The minimum atomic E-state index is -0.848. The monoisotopic (exact) mass is 435 g/mol. The summed E-state index contributed by atoms with van der Waals surface area (Å²) in [7, 11) is 0. The molecule has 0 aliphatic carbocycles. The Labute approximate surface area is 186 Å². The van der Waals surface area contributed by atoms with E-state index in [4.69, 9.17) is 4.74 Å². The van der Waals surface area contributed by atoms with Crippen LogP contribution in [0.2, 0.25) is 0 Å². The second kappa shape index (κ2) is 9.64. The molecule has 0 spiro atoms. The second-order valence-electron chi connectivity index (χ2n) is 7.79. The highest BCUT2D eigenvalue weighted by Crippen LogP contribution is 2.33. The zero-order valence-corrected chi connectivity index (χ0v) is 17.7. The van der Waals surface area contributed by atoms with Gasteiger partial charge in [-0.3, -0.25) is 24.1 Å². The molecule has 2 aromatic rings. The number of amides is 4. The van der Waals surface area contributed by atoms with Crippen molar-refractivity contribution in [2.45, 2.75) is 31.8 Å². The fourth-order valence-electron chi connectivity index (χ4n) is 3.91. The van der Waals surface area contributed by atoms with Crippen LogP contribution in [0.15, 0.2) is 54.6 Å². The lowest BCUT2D eigenvalue weighted by Crippen LogP contribution is -2.51. The summed E-state index contributed by atoms with van der Waals surface area (Å²) in [4.78, 5) is 52.0. The standard InChI is InChI=1S/C24H25N3O5/c28-21-10-11-22(29)26(21)15-13-23(30)27-16-20(32-19-9-5-4-8-18(19)27)24(31)25-14-12-17-6-2-1-3-7-17/h1-9,20H,10-16H2,(H,25,31)/t20-/m1/s1. The van der Waals surface area contributed by atoms with Crippen molar-refractivity contribution in [1.29, 1.82) is 0 Å². The highest BCUT2D eigenvalue weighted by Gasteiger charge is 2.35. The third kappa shape index (κ3) is 4.80. The largest absolute Gasteiger partial charge is 0.477 e. The molecule has 0 aromatic heterocycles. The van der Waals surface area contributed by atoms with Crippen molar-refractivity contribution < 1.29 is 23.9 Å². The topological polar surface area (TPSA) is 96.0 Å². The minimum Gasteiger partial charge on any atom is -0.477 e. The molecule has 1 fully saturated rings. The van der Waals surface area contributed by atoms with Gasteiger partial charge in [-0.05, 0) is 24.1 Å². The fraction of sp³-hybridized carbons (Fsp3) is 0.333. The van der Waals surface area contributed by atoms with Crippen molar-refractivity contribution in [3.05, 3.63) is 60.2 Å². The molecule has 1 N–H and O–H groups in total. The maximum atomic E-state index is 13.0. The van der Waals surface area contributed by atoms with Gasteiger partial charge in [-0.1, -0.05) is 42.5 Å². The van der Waals surface area contributed by atoms with Gasteiger partial charge in [-0.2, -0.15) is 0 Å². The van der Waals surface area contributed by atoms with Crippen LogP contribution in [-0.2, 0) is 25.6 Å². The van der Waals surface area contributed by atoms with Crippen LogP contribution >= 0.6 is 0 Å². The lowest BCUT2D eigenvalue weighted by Gasteiger charge is -2.34. The molecule has 4 amide bonds. The van der Waals surface area contributed by atoms with Crippen molar-refractivity contribution in [1.82, 2.24) is 10.2 Å². The van der Waals surface area contributed by atoms with Crippen molar-refractivity contribution in [3.63, 3.8) is 0 Å². The molecule has 166 valence electrons. The molecule has 2 aromatic carbocycles. The Balaban J connectivity index is 1.39. The lowest BCUT2D eigenvalue weighted by atomic mass is 10.1. The summed E-state index contributed by atoms with van der Waals surface area (Å²) >= 11 is 0. The van der Waals surface area contributed by atoms with Crippen LogP contribution < -0.4 is 15.0 Å². The van der Waals surface area contributed by atoms with Crippen molar-refractivity contribution >= 4 is 29.3 Å². The first-order chi connectivity index (χ1) is 15.5. The Morgan fingerprint density at radius 2 is 1.66 bits per heavy atom. The zero-order valence-electron chi connectivity index (χ0n) is 17.7. The maximum Gasteiger partial charge on any atom is 0.262 e. The molecular formula is C24H25N3O5. The van der Waals surface area contributed by atoms with Gasteiger partial charge in [0.2, 0.25) is 17.7 Å². The van der Waals surface area contributed by atoms with E-state index in [0.29, 0.717) is 24.4 Å². The SMILES string of the molecule is O=C(NCCc1ccccc1)[C@H]1CN(C(=O)CCN2C(=O)CCC2=O)c2ccccc2O1. The van der Waals surface area contributed by atoms with Gasteiger partial charge in [0.05, 0.1) is 12.2 Å². The number of carbonyl (C=O) groups is 4. The molecule has 8 heteroatoms. The molecular weight excluding hydrogens is 410 g/mol. The number of hydrogen-bond acceptors (Lipinski definition) is 5. The summed E-state index contributed by atoms with van der Waals surface area (Å²) in [6.07, 6.45) is 0.224. The number of likely N-dealkylation sites (tertiary alicyclic amines) is 1. The maximum absolute atomic E-state index is 13.0. The number of nitrogens with zero attached hydrogens (tertiary/aromatic N) is 2. The predicted molar refractivity (Wildman–Crippen MR) is 117 cm³/mol. The molecule has 4 rings (SSSR count). The Bertz CT molecular complexity index is 1010. The van der Waals surface area contributed by atoms with E-state index >= 15 is 0 Å². The normalized spacial score (nSPS) is 17.7. The molecule has 32 heavy (non-hydrogen) atoms. The first-order valence-corrected chi connectivity index (χ1v) is 10.7. The number of benzene rings is 2. The summed E-state index contributed by atoms with van der Waals surface area (Å²) < 4.78 is 5.86. The summed E-state index contributed by atoms with van der Waals surface area (Å²) in [5, 5.41) is 2.88. The van der Waals surface area contributed by atoms with Gasteiger partial charge >= 0.3 is 0 Å². The summed E-state index contributed by atoms with van der Waals surface area (Å²) in [6.45, 7) is 0.566. The van der Waals surface area contributed by atoms with Gasteiger partial charge in [-0.15, -0.1) is 0 Å². The van der Waals surface area contributed by atoms with Crippen LogP contribution in [0, 0.1) is 0 Å². The van der Waals surface area contributed by atoms with E-state index < -0.39 is 6.10 Å². The second-order valence-corrected chi connectivity index (χ2v) is 7.79. The quantitative estimate of drug-likeness (QED) is 0.668. The van der Waals surface area contributed by atoms with E-state index in [1.165, 1.54) is 4.90 Å². The number of para-hydroxylation sites is 2. The highest BCUT2D eigenvalue weighted by atomic mass is 16.5. The molecule has 2 aliphatic rings. The van der Waals surface area contributed by atoms with Crippen LogP contribution in [0.25, 0.3) is 0 Å². The summed E-state index contributed by atoms with van der Waals surface area (Å²) in [5.41, 5.74) is 1.69. The zero-order chi connectivity index (χ0) is 22.5. The van der Waals surface area contributed by atoms with Crippen LogP contribution in [-0.4, -0.2) is 54.3 Å². The van der Waals surface area contributed by atoms with Crippen molar-refractivity contribution in [2.75, 3.05) is 24.5 Å². The molecule has 0 radical (unpaired) electrons. The van der Waals surface area contributed by atoms with Crippen LogP contribution in [0.1, 0.15) is 24.8 Å². The minimum absolute atomic E-state index is 0.00579. The summed E-state index contributed by atoms with van der Waals surface area (Å²) in [5.74, 6) is -0.612. The van der Waals surface area contributed by atoms with Crippen molar-refractivity contribution in [3.8, 4) is 5.75 Å². The number of rotatable bonds is 7. The van der Waals surface area contributed by atoms with E-state index in [1.807, 2.05) is 30.3 Å². The van der Waals surface area contributed by atoms with Gasteiger partial charge < -0.3 is 15.0 Å². The Kier molecular flexibility index (Phi) is 6.49. The number of ether oxygens (including phenoxy) is 1. The lowest BCUT2D eigenvalue weighted by molar-refractivity contribution is -0.138. The van der Waals surface area contributed by atoms with Crippen LogP contribution in [0.4, 0.5) is 5.69 Å². The van der Waals surface area contributed by atoms with E-state index in [-0.39, 0.29) is 56.0 Å². The molecule has 2 heterocycles. The predicted octanol–water partition coefficient (Wildman–Crippen LogP) is 1.68. The van der Waals surface area contributed by atoms with Gasteiger partial charge in [0.1, 0.15) is 5.75 Å². The average molecular weight is 435 g/mol. The molecule has 0 unspecified atom stereocenters. The number of imide groups is 1. The Hall–Kier alpha value is -3.68. The number of carbonyl (C=O) groups excluding carboxylic acids is 4. The van der Waals surface area contributed by atoms with E-state index in [2.05, 4.69) is 5.32 Å². The summed E-state index contributed by atoms with van der Waals surface area (Å²) in [6, 6.07) is 16.9. The van der Waals surface area contributed by atoms with Crippen LogP contribution in [0.5, 0.6) is 5.75 Å². The molecule has 2 aliphatic heterocycles. The van der Waals surface area contributed by atoms with Crippen molar-refractivity contribution in [2.24, 2.45) is 0 Å². The number of nitrogens with one attached hydrogen (secondary N) is 1. The molecule has 0 saturated carbocycles. The van der Waals surface area contributed by atoms with Gasteiger partial charge in [-0.25, -0.2) is 0 Å². The molecule has 8 nitrogen and oxygen atoms in total. The molecule has 1 saturated heterocycles. The van der Waals surface area contributed by atoms with Gasteiger partial charge in [0.25, 0.3) is 5.91 Å². The smallest absolute Gasteiger partial charge is 0.262 e. The van der Waals surface area contributed by atoms with E-state index in [9.17, 15) is 19.2 Å². The molecule has 0 bridgehead atoms. The number of hydrogen-bond donors (Lipinski definition) is 1.